The monoisotopic (exact) mass is 426 g/mol. The second-order valence-corrected chi connectivity index (χ2v) is 8.63. The highest BCUT2D eigenvalue weighted by Gasteiger charge is 2.31. The third-order valence-corrected chi connectivity index (χ3v) is 6.36. The van der Waals surface area contributed by atoms with Gasteiger partial charge in [-0.25, -0.2) is 9.07 Å². The summed E-state index contributed by atoms with van der Waals surface area (Å²) in [6.07, 6.45) is 1.36. The molecule has 2 aliphatic heterocycles. The SMILES string of the molecule is COc1nc(N2CC(O)C2)cc(-n2ncc3cc(C)c([C@H]4CCN(C)C[C@H]4F)cc32)n1. The van der Waals surface area contributed by atoms with Gasteiger partial charge in [-0.2, -0.15) is 15.1 Å². The molecule has 2 saturated heterocycles. The third kappa shape index (κ3) is 3.61. The first kappa shape index (κ1) is 20.1. The Hall–Kier alpha value is -2.78. The number of rotatable bonds is 4. The van der Waals surface area contributed by atoms with Crippen LogP contribution >= 0.6 is 0 Å². The van der Waals surface area contributed by atoms with Gasteiger partial charge in [0.25, 0.3) is 0 Å². The highest BCUT2D eigenvalue weighted by atomic mass is 19.1. The fraction of sp³-hybridized carbons (Fsp3) is 0.500. The Morgan fingerprint density at radius 2 is 1.90 bits per heavy atom. The average molecular weight is 426 g/mol. The van der Waals surface area contributed by atoms with E-state index in [-0.39, 0.29) is 18.0 Å². The van der Waals surface area contributed by atoms with Crippen LogP contribution in [0.4, 0.5) is 10.2 Å². The zero-order valence-electron chi connectivity index (χ0n) is 18.0. The maximum absolute atomic E-state index is 14.9. The summed E-state index contributed by atoms with van der Waals surface area (Å²) in [4.78, 5) is 12.9. The van der Waals surface area contributed by atoms with Gasteiger partial charge >= 0.3 is 6.01 Å². The van der Waals surface area contributed by atoms with Crippen LogP contribution in [0.1, 0.15) is 23.5 Å². The molecule has 31 heavy (non-hydrogen) atoms. The van der Waals surface area contributed by atoms with Gasteiger partial charge in [-0.05, 0) is 50.2 Å². The molecule has 1 aromatic carbocycles. The zero-order chi connectivity index (χ0) is 21.7. The van der Waals surface area contributed by atoms with Gasteiger partial charge < -0.3 is 19.6 Å². The molecular weight excluding hydrogens is 399 g/mol. The number of methoxy groups -OCH3 is 1. The van der Waals surface area contributed by atoms with Crippen molar-refractivity contribution in [2.24, 2.45) is 0 Å². The van der Waals surface area contributed by atoms with Gasteiger partial charge in [0.2, 0.25) is 0 Å². The molecule has 0 unspecified atom stereocenters. The minimum Gasteiger partial charge on any atom is -0.467 e. The van der Waals surface area contributed by atoms with Crippen molar-refractivity contribution in [1.29, 1.82) is 0 Å². The standard InChI is InChI=1S/C22H27FN6O2/c1-13-6-14-9-24-29(19(14)7-17(13)16-4-5-27(2)12-18(16)23)21-8-20(25-22(26-21)31-3)28-10-15(30)11-28/h6-9,15-16,18,30H,4-5,10-12H2,1-3H3/t16-,18-/m1/s1. The Labute approximate surface area is 180 Å². The average Bonchev–Trinajstić information content (AvgIpc) is 3.13. The maximum Gasteiger partial charge on any atom is 0.320 e. The first-order chi connectivity index (χ1) is 14.9. The summed E-state index contributed by atoms with van der Waals surface area (Å²) in [5, 5.41) is 15.2. The molecular formula is C22H27FN6O2. The number of anilines is 1. The summed E-state index contributed by atoms with van der Waals surface area (Å²) in [5.41, 5.74) is 2.99. The van der Waals surface area contributed by atoms with Crippen molar-refractivity contribution in [2.75, 3.05) is 45.2 Å². The van der Waals surface area contributed by atoms with E-state index >= 15 is 0 Å². The third-order valence-electron chi connectivity index (χ3n) is 6.36. The molecule has 2 aromatic heterocycles. The molecule has 1 N–H and O–H groups in total. The first-order valence-corrected chi connectivity index (χ1v) is 10.6. The summed E-state index contributed by atoms with van der Waals surface area (Å²) < 4.78 is 22.0. The largest absolute Gasteiger partial charge is 0.467 e. The normalized spacial score (nSPS) is 22.7. The minimum absolute atomic E-state index is 0.123. The fourth-order valence-electron chi connectivity index (χ4n) is 4.60. The van der Waals surface area contributed by atoms with Crippen molar-refractivity contribution in [3.8, 4) is 11.8 Å². The smallest absolute Gasteiger partial charge is 0.320 e. The lowest BCUT2D eigenvalue weighted by Crippen LogP contribution is -2.51. The molecule has 3 aromatic rings. The second kappa shape index (κ2) is 7.72. The molecule has 2 fully saturated rings. The number of aryl methyl sites for hydroxylation is 1. The van der Waals surface area contributed by atoms with Crippen molar-refractivity contribution in [1.82, 2.24) is 24.6 Å². The lowest BCUT2D eigenvalue weighted by atomic mass is 9.85. The van der Waals surface area contributed by atoms with Crippen molar-refractivity contribution in [2.45, 2.75) is 31.5 Å². The Bertz CT molecular complexity index is 1110. The molecule has 0 saturated carbocycles. The van der Waals surface area contributed by atoms with Gasteiger partial charge in [-0.1, -0.05) is 0 Å². The Balaban J connectivity index is 1.57. The number of nitrogens with zero attached hydrogens (tertiary/aromatic N) is 6. The number of aliphatic hydroxyl groups excluding tert-OH is 1. The summed E-state index contributed by atoms with van der Waals surface area (Å²) in [5.74, 6) is 1.14. The topological polar surface area (TPSA) is 79.5 Å². The number of benzene rings is 1. The number of alkyl halides is 1. The summed E-state index contributed by atoms with van der Waals surface area (Å²) in [6.45, 7) is 4.43. The van der Waals surface area contributed by atoms with E-state index in [4.69, 9.17) is 4.74 Å². The summed E-state index contributed by atoms with van der Waals surface area (Å²) in [7, 11) is 3.49. The number of β-amino-alcohol motifs (C(OH)–C–C–N with tert-alkyl or cyclic N) is 1. The number of hydrogen-bond donors (Lipinski definition) is 1. The molecule has 0 bridgehead atoms. The van der Waals surface area contributed by atoms with E-state index in [1.165, 1.54) is 7.11 Å². The molecule has 5 rings (SSSR count). The van der Waals surface area contributed by atoms with Crippen molar-refractivity contribution >= 4 is 16.7 Å². The first-order valence-electron chi connectivity index (χ1n) is 10.6. The van der Waals surface area contributed by atoms with E-state index in [0.717, 1.165) is 35.0 Å². The van der Waals surface area contributed by atoms with Gasteiger partial charge in [0.1, 0.15) is 12.0 Å². The van der Waals surface area contributed by atoms with Crippen LogP contribution in [0.25, 0.3) is 16.7 Å². The highest BCUT2D eigenvalue weighted by molar-refractivity contribution is 5.82. The Morgan fingerprint density at radius 3 is 2.61 bits per heavy atom. The van der Waals surface area contributed by atoms with Crippen LogP contribution in [0.5, 0.6) is 6.01 Å². The quantitative estimate of drug-likeness (QED) is 0.684. The summed E-state index contributed by atoms with van der Waals surface area (Å²) >= 11 is 0. The second-order valence-electron chi connectivity index (χ2n) is 8.63. The Morgan fingerprint density at radius 1 is 1.13 bits per heavy atom. The van der Waals surface area contributed by atoms with Gasteiger partial charge in [-0.15, -0.1) is 0 Å². The van der Waals surface area contributed by atoms with Gasteiger partial charge in [0.05, 0.1) is 24.9 Å². The molecule has 0 aliphatic carbocycles. The van der Waals surface area contributed by atoms with E-state index in [1.807, 2.05) is 29.8 Å². The van der Waals surface area contributed by atoms with Crippen molar-refractivity contribution in [3.05, 3.63) is 35.5 Å². The molecule has 164 valence electrons. The maximum atomic E-state index is 14.9. The van der Waals surface area contributed by atoms with E-state index in [0.29, 0.717) is 31.3 Å². The number of aliphatic hydroxyl groups is 1. The van der Waals surface area contributed by atoms with Crippen molar-refractivity contribution in [3.63, 3.8) is 0 Å². The number of aromatic nitrogens is 4. The molecule has 8 nitrogen and oxygen atoms in total. The Kier molecular flexibility index (Phi) is 5.02. The molecule has 9 heteroatoms. The van der Waals surface area contributed by atoms with Gasteiger partial charge in [0, 0.05) is 37.0 Å². The number of likely N-dealkylation sites (tertiary alicyclic amines) is 1. The number of ether oxygens (including phenoxy) is 1. The molecule has 4 heterocycles. The van der Waals surface area contributed by atoms with Gasteiger partial charge in [-0.3, -0.25) is 0 Å². The lowest BCUT2D eigenvalue weighted by Gasteiger charge is -2.36. The van der Waals surface area contributed by atoms with Crippen LogP contribution < -0.4 is 9.64 Å². The molecule has 2 atom stereocenters. The minimum atomic E-state index is -0.894. The number of fused-ring (bicyclic) bond motifs is 1. The molecule has 0 spiro atoms. The van der Waals surface area contributed by atoms with E-state index in [2.05, 4.69) is 27.2 Å². The highest BCUT2D eigenvalue weighted by Crippen LogP contribution is 2.35. The number of hydrogen-bond acceptors (Lipinski definition) is 7. The van der Waals surface area contributed by atoms with Crippen LogP contribution in [0.2, 0.25) is 0 Å². The fourth-order valence-corrected chi connectivity index (χ4v) is 4.60. The van der Waals surface area contributed by atoms with E-state index < -0.39 is 6.17 Å². The molecule has 0 radical (unpaired) electrons. The van der Waals surface area contributed by atoms with E-state index in [9.17, 15) is 9.50 Å². The van der Waals surface area contributed by atoms with Crippen molar-refractivity contribution < 1.29 is 14.2 Å². The zero-order valence-corrected chi connectivity index (χ0v) is 18.0. The van der Waals surface area contributed by atoms with Crippen LogP contribution in [-0.4, -0.2) is 82.4 Å². The van der Waals surface area contributed by atoms with Gasteiger partial charge in [0.15, 0.2) is 5.82 Å². The van der Waals surface area contributed by atoms with Crippen LogP contribution in [0.3, 0.4) is 0 Å². The lowest BCUT2D eigenvalue weighted by molar-refractivity contribution is 0.139. The van der Waals surface area contributed by atoms with E-state index in [1.54, 1.807) is 10.9 Å². The van der Waals surface area contributed by atoms with Crippen LogP contribution in [0, 0.1) is 6.92 Å². The number of halogens is 1. The summed E-state index contributed by atoms with van der Waals surface area (Å²) in [6, 6.07) is 6.21. The molecule has 2 aliphatic rings. The van der Waals surface area contributed by atoms with Crippen LogP contribution in [0.15, 0.2) is 24.4 Å². The predicted octanol–water partition coefficient (Wildman–Crippen LogP) is 2.07. The number of piperidine rings is 1. The predicted molar refractivity (Wildman–Crippen MR) is 116 cm³/mol. The van der Waals surface area contributed by atoms with Crippen LogP contribution in [-0.2, 0) is 0 Å². The molecule has 0 amide bonds.